The van der Waals surface area contributed by atoms with Gasteiger partial charge in [-0.15, -0.1) is 16.4 Å². The maximum Gasteiger partial charge on any atom is 0.434 e. The third-order valence-corrected chi connectivity index (χ3v) is 5.90. The van der Waals surface area contributed by atoms with Crippen LogP contribution in [0.15, 0.2) is 75.6 Å². The molecular formula is C24H19N7O3S. The molecule has 0 atom stereocenters. The topological polar surface area (TPSA) is 139 Å². The molecule has 1 aromatic carbocycles. The van der Waals surface area contributed by atoms with E-state index in [0.717, 1.165) is 33.0 Å². The van der Waals surface area contributed by atoms with E-state index < -0.39 is 5.76 Å². The van der Waals surface area contributed by atoms with E-state index in [1.807, 2.05) is 42.6 Å². The number of carbonyl (C=O) groups is 1. The van der Waals surface area contributed by atoms with Crippen molar-refractivity contribution in [2.24, 2.45) is 0 Å². The minimum atomic E-state index is -0.648. The zero-order valence-electron chi connectivity index (χ0n) is 18.5. The fraction of sp³-hybridized carbons (Fsp3) is 0.0833. The maximum absolute atomic E-state index is 12.1. The molecule has 0 radical (unpaired) electrons. The van der Waals surface area contributed by atoms with Crippen LogP contribution in [-0.2, 0) is 0 Å². The van der Waals surface area contributed by atoms with E-state index in [1.165, 1.54) is 11.3 Å². The highest BCUT2D eigenvalue weighted by molar-refractivity contribution is 7.13. The van der Waals surface area contributed by atoms with Crippen molar-refractivity contribution in [3.8, 4) is 44.4 Å². The lowest BCUT2D eigenvalue weighted by atomic mass is 10.0. The maximum atomic E-state index is 12.1. The molecule has 174 valence electrons. The van der Waals surface area contributed by atoms with Crippen LogP contribution in [0.1, 0.15) is 6.92 Å². The lowest BCUT2D eigenvalue weighted by Crippen LogP contribution is -2.28. The predicted molar refractivity (Wildman–Crippen MR) is 133 cm³/mol. The summed E-state index contributed by atoms with van der Waals surface area (Å²) in [6, 6.07) is 13.1. The quantitative estimate of drug-likeness (QED) is 0.324. The second-order valence-corrected chi connectivity index (χ2v) is 8.24. The Hall–Kier alpha value is -4.64. The van der Waals surface area contributed by atoms with Gasteiger partial charge in [0.1, 0.15) is 10.8 Å². The van der Waals surface area contributed by atoms with Crippen LogP contribution < -0.4 is 16.4 Å². The van der Waals surface area contributed by atoms with Gasteiger partial charge in [-0.05, 0) is 19.1 Å². The first-order chi connectivity index (χ1) is 17.1. The molecular weight excluding hydrogens is 466 g/mol. The molecule has 0 saturated heterocycles. The summed E-state index contributed by atoms with van der Waals surface area (Å²) in [6.07, 6.45) is 4.89. The summed E-state index contributed by atoms with van der Waals surface area (Å²) in [5, 5.41) is 14.3. The molecule has 10 nitrogen and oxygen atoms in total. The fourth-order valence-corrected chi connectivity index (χ4v) is 4.31. The van der Waals surface area contributed by atoms with Crippen LogP contribution in [0.3, 0.4) is 0 Å². The number of benzene rings is 1. The van der Waals surface area contributed by atoms with E-state index in [2.05, 4.69) is 30.8 Å². The molecule has 4 heterocycles. The molecule has 0 fully saturated rings. The van der Waals surface area contributed by atoms with E-state index in [9.17, 15) is 9.59 Å². The standard InChI is InChI=1S/C24H19N7O3S/c1-2-26-23(32)29-20-9-17(22-28-19(13-35-22)14-6-4-3-5-7-14)18(12-27-20)15-8-16(11-25-10-15)21-30-31-24(33)34-21/h3-13H,2H2,1H3,(H,31,33)(H2,26,27,29,32). The van der Waals surface area contributed by atoms with Gasteiger partial charge in [0.25, 0.3) is 5.89 Å². The van der Waals surface area contributed by atoms with Gasteiger partial charge < -0.3 is 9.73 Å². The number of anilines is 1. The monoisotopic (exact) mass is 485 g/mol. The summed E-state index contributed by atoms with van der Waals surface area (Å²) in [7, 11) is 0. The number of rotatable bonds is 6. The van der Waals surface area contributed by atoms with Gasteiger partial charge in [-0.2, -0.15) is 0 Å². The summed E-state index contributed by atoms with van der Waals surface area (Å²) in [5.41, 5.74) is 4.60. The minimum absolute atomic E-state index is 0.133. The van der Waals surface area contributed by atoms with E-state index in [4.69, 9.17) is 9.40 Å². The summed E-state index contributed by atoms with van der Waals surface area (Å²) < 4.78 is 5.07. The summed E-state index contributed by atoms with van der Waals surface area (Å²) in [5.74, 6) is -0.132. The van der Waals surface area contributed by atoms with Crippen molar-refractivity contribution in [2.75, 3.05) is 11.9 Å². The first-order valence-electron chi connectivity index (χ1n) is 10.7. The second kappa shape index (κ2) is 9.69. The first-order valence-corrected chi connectivity index (χ1v) is 11.6. The van der Waals surface area contributed by atoms with Crippen molar-refractivity contribution >= 4 is 23.2 Å². The normalized spacial score (nSPS) is 10.8. The molecule has 11 heteroatoms. The van der Waals surface area contributed by atoms with Crippen molar-refractivity contribution < 1.29 is 9.21 Å². The zero-order valence-corrected chi connectivity index (χ0v) is 19.3. The van der Waals surface area contributed by atoms with Gasteiger partial charge in [-0.25, -0.2) is 24.7 Å². The summed E-state index contributed by atoms with van der Waals surface area (Å²) in [6.45, 7) is 2.33. The van der Waals surface area contributed by atoms with E-state index in [1.54, 1.807) is 30.7 Å². The highest BCUT2D eigenvalue weighted by atomic mass is 32.1. The number of carbonyl (C=O) groups excluding carboxylic acids is 1. The SMILES string of the molecule is CCNC(=O)Nc1cc(-c2nc(-c3ccccc3)cs2)c(-c2cncc(-c3n[nH]c(=O)o3)c2)cn1. The van der Waals surface area contributed by atoms with E-state index >= 15 is 0 Å². The number of nitrogens with one attached hydrogen (secondary N) is 3. The number of hydrogen-bond acceptors (Lipinski definition) is 8. The number of aromatic nitrogens is 5. The Morgan fingerprint density at radius 1 is 1.06 bits per heavy atom. The Morgan fingerprint density at radius 3 is 2.66 bits per heavy atom. The smallest absolute Gasteiger partial charge is 0.388 e. The Morgan fingerprint density at radius 2 is 1.89 bits per heavy atom. The summed E-state index contributed by atoms with van der Waals surface area (Å²) in [4.78, 5) is 37.0. The number of thiazole rings is 1. The largest absolute Gasteiger partial charge is 0.434 e. The van der Waals surface area contributed by atoms with Crippen LogP contribution in [0.4, 0.5) is 10.6 Å². The molecule has 0 aliphatic carbocycles. The van der Waals surface area contributed by atoms with Crippen LogP contribution in [0.5, 0.6) is 0 Å². The molecule has 35 heavy (non-hydrogen) atoms. The number of aromatic amines is 1. The van der Waals surface area contributed by atoms with E-state index in [0.29, 0.717) is 17.9 Å². The van der Waals surface area contributed by atoms with E-state index in [-0.39, 0.29) is 11.9 Å². The second-order valence-electron chi connectivity index (χ2n) is 7.38. The van der Waals surface area contributed by atoms with Crippen LogP contribution in [-0.4, -0.2) is 37.7 Å². The van der Waals surface area contributed by atoms with Gasteiger partial charge in [-0.1, -0.05) is 30.3 Å². The minimum Gasteiger partial charge on any atom is -0.388 e. The van der Waals surface area contributed by atoms with Gasteiger partial charge in [0.2, 0.25) is 0 Å². The molecule has 0 aliphatic rings. The lowest BCUT2D eigenvalue weighted by molar-refractivity contribution is 0.252. The Balaban J connectivity index is 1.59. The molecule has 5 aromatic rings. The van der Waals surface area contributed by atoms with Gasteiger partial charge >= 0.3 is 11.8 Å². The third-order valence-electron chi connectivity index (χ3n) is 5.02. The van der Waals surface area contributed by atoms with Crippen LogP contribution in [0.25, 0.3) is 44.4 Å². The highest BCUT2D eigenvalue weighted by Gasteiger charge is 2.17. The Kier molecular flexibility index (Phi) is 6.14. The average molecular weight is 486 g/mol. The first kappa shape index (κ1) is 22.2. The molecule has 5 rings (SSSR count). The van der Waals surface area contributed by atoms with Crippen molar-refractivity contribution in [2.45, 2.75) is 6.92 Å². The Labute approximate surface area is 203 Å². The number of H-pyrrole nitrogens is 1. The molecule has 0 spiro atoms. The van der Waals surface area contributed by atoms with Crippen molar-refractivity contribution in [3.05, 3.63) is 77.0 Å². The van der Waals surface area contributed by atoms with Crippen LogP contribution in [0, 0.1) is 0 Å². The highest BCUT2D eigenvalue weighted by Crippen LogP contribution is 2.37. The summed E-state index contributed by atoms with van der Waals surface area (Å²) >= 11 is 1.48. The van der Waals surface area contributed by atoms with Gasteiger partial charge in [0, 0.05) is 52.8 Å². The number of hydrogen-bond donors (Lipinski definition) is 3. The van der Waals surface area contributed by atoms with Crippen LogP contribution in [0.2, 0.25) is 0 Å². The van der Waals surface area contributed by atoms with Crippen molar-refractivity contribution in [1.82, 2.24) is 30.5 Å². The molecule has 3 N–H and O–H groups in total. The van der Waals surface area contributed by atoms with Crippen molar-refractivity contribution in [1.29, 1.82) is 0 Å². The number of urea groups is 1. The van der Waals surface area contributed by atoms with Gasteiger partial charge in [0.05, 0.1) is 11.3 Å². The lowest BCUT2D eigenvalue weighted by Gasteiger charge is -2.11. The molecule has 2 amide bonds. The average Bonchev–Trinajstić information content (AvgIpc) is 3.54. The molecule has 0 aliphatic heterocycles. The predicted octanol–water partition coefficient (Wildman–Crippen LogP) is 4.42. The number of nitrogens with zero attached hydrogens (tertiary/aromatic N) is 4. The van der Waals surface area contributed by atoms with Crippen LogP contribution >= 0.6 is 11.3 Å². The van der Waals surface area contributed by atoms with Crippen molar-refractivity contribution in [3.63, 3.8) is 0 Å². The Bertz CT molecular complexity index is 1540. The third kappa shape index (κ3) is 4.84. The molecule has 0 bridgehead atoms. The number of pyridine rings is 2. The molecule has 0 unspecified atom stereocenters. The molecule has 4 aromatic heterocycles. The van der Waals surface area contributed by atoms with Gasteiger partial charge in [-0.3, -0.25) is 10.3 Å². The van der Waals surface area contributed by atoms with Gasteiger partial charge in [0.15, 0.2) is 0 Å². The number of amides is 2. The molecule has 0 saturated carbocycles. The fourth-order valence-electron chi connectivity index (χ4n) is 3.45. The zero-order chi connectivity index (χ0) is 24.2.